The molecule has 0 atom stereocenters. The Morgan fingerprint density at radius 2 is 1.46 bits per heavy atom. The number of aromatic amines is 1. The molecule has 10 heteroatoms. The van der Waals surface area contributed by atoms with Crippen LogP contribution in [0.4, 0.5) is 17.3 Å². The van der Waals surface area contributed by atoms with E-state index in [1.807, 2.05) is 18.2 Å². The average molecular weight is 470 g/mol. The molecule has 4 aromatic rings. The van der Waals surface area contributed by atoms with E-state index in [0.29, 0.717) is 11.5 Å². The zero-order chi connectivity index (χ0) is 24.2. The topological polar surface area (TPSA) is 116 Å². The monoisotopic (exact) mass is 469 g/mol. The Morgan fingerprint density at radius 3 is 2.14 bits per heavy atom. The number of nitrogens with zero attached hydrogens (tertiary/aromatic N) is 5. The molecule has 5 rings (SSSR count). The van der Waals surface area contributed by atoms with Crippen LogP contribution in [0.1, 0.15) is 10.4 Å². The lowest BCUT2D eigenvalue weighted by Gasteiger charge is -2.36. The van der Waals surface area contributed by atoms with E-state index < -0.39 is 17.2 Å². The highest BCUT2D eigenvalue weighted by molar-refractivity contribution is 6.03. The van der Waals surface area contributed by atoms with Gasteiger partial charge in [-0.05, 0) is 24.3 Å². The molecule has 0 bridgehead atoms. The van der Waals surface area contributed by atoms with Gasteiger partial charge in [0.1, 0.15) is 23.5 Å². The highest BCUT2D eigenvalue weighted by atomic mass is 16.2. The molecule has 1 aliphatic rings. The molecular weight excluding hydrogens is 446 g/mol. The van der Waals surface area contributed by atoms with E-state index in [9.17, 15) is 14.4 Å². The van der Waals surface area contributed by atoms with Gasteiger partial charge in [0, 0.05) is 44.1 Å². The number of piperazine rings is 1. The zero-order valence-corrected chi connectivity index (χ0v) is 18.8. The van der Waals surface area contributed by atoms with Gasteiger partial charge in [-0.3, -0.25) is 9.59 Å². The fourth-order valence-electron chi connectivity index (χ4n) is 4.05. The minimum atomic E-state index is -0.719. The van der Waals surface area contributed by atoms with Gasteiger partial charge in [-0.25, -0.2) is 19.3 Å². The Bertz CT molecular complexity index is 1440. The van der Waals surface area contributed by atoms with Crippen molar-refractivity contribution in [1.82, 2.24) is 19.5 Å². The Kier molecular flexibility index (Phi) is 6.08. The van der Waals surface area contributed by atoms with Gasteiger partial charge in [0.2, 0.25) is 0 Å². The quantitative estimate of drug-likeness (QED) is 0.459. The smallest absolute Gasteiger partial charge is 0.333 e. The molecule has 0 saturated carbocycles. The third-order valence-corrected chi connectivity index (χ3v) is 5.85. The maximum absolute atomic E-state index is 12.9. The second-order valence-electron chi connectivity index (χ2n) is 8.01. The lowest BCUT2D eigenvalue weighted by Crippen LogP contribution is -2.46. The molecule has 1 aliphatic heterocycles. The number of anilines is 3. The largest absolute Gasteiger partial charge is 0.368 e. The summed E-state index contributed by atoms with van der Waals surface area (Å²) in [5.41, 5.74) is 0.00258. The van der Waals surface area contributed by atoms with Crippen molar-refractivity contribution >= 4 is 23.2 Å². The van der Waals surface area contributed by atoms with Crippen LogP contribution < -0.4 is 26.4 Å². The first-order valence-corrected chi connectivity index (χ1v) is 11.2. The molecule has 1 saturated heterocycles. The molecule has 2 aromatic heterocycles. The third-order valence-electron chi connectivity index (χ3n) is 5.85. The first-order chi connectivity index (χ1) is 17.1. The number of rotatable bonds is 5. The number of carbonyl (C=O) groups is 1. The minimum absolute atomic E-state index is 0.204. The van der Waals surface area contributed by atoms with E-state index in [-0.39, 0.29) is 11.4 Å². The first kappa shape index (κ1) is 22.1. The van der Waals surface area contributed by atoms with Crippen LogP contribution in [0.2, 0.25) is 0 Å². The van der Waals surface area contributed by atoms with E-state index in [1.165, 1.54) is 12.0 Å². The SMILES string of the molecule is O=C(Nc1cc(N2CCN(c3ccccc3)CC2)ncn1)c1c[nH]c(=O)n(-c2ccccc2)c1=O. The van der Waals surface area contributed by atoms with Crippen LogP contribution in [0, 0.1) is 0 Å². The van der Waals surface area contributed by atoms with Crippen LogP contribution in [-0.4, -0.2) is 51.6 Å². The van der Waals surface area contributed by atoms with Crippen LogP contribution in [0.25, 0.3) is 5.69 Å². The highest BCUT2D eigenvalue weighted by Crippen LogP contribution is 2.20. The number of benzene rings is 2. The van der Waals surface area contributed by atoms with Crippen molar-refractivity contribution in [3.05, 3.63) is 106 Å². The van der Waals surface area contributed by atoms with Crippen molar-refractivity contribution in [2.45, 2.75) is 0 Å². The summed E-state index contributed by atoms with van der Waals surface area (Å²) in [6, 6.07) is 20.3. The van der Waals surface area contributed by atoms with Gasteiger partial charge in [-0.15, -0.1) is 0 Å². The molecule has 3 heterocycles. The summed E-state index contributed by atoms with van der Waals surface area (Å²) in [5, 5.41) is 2.65. The van der Waals surface area contributed by atoms with Crippen molar-refractivity contribution in [3.8, 4) is 5.69 Å². The number of hydrogen-bond acceptors (Lipinski definition) is 7. The van der Waals surface area contributed by atoms with E-state index >= 15 is 0 Å². The molecule has 0 spiro atoms. The summed E-state index contributed by atoms with van der Waals surface area (Å²) in [4.78, 5) is 53.4. The fourth-order valence-corrected chi connectivity index (χ4v) is 4.05. The molecule has 176 valence electrons. The lowest BCUT2D eigenvalue weighted by molar-refractivity contribution is 0.102. The van der Waals surface area contributed by atoms with Gasteiger partial charge in [0.05, 0.1) is 5.69 Å². The van der Waals surface area contributed by atoms with Gasteiger partial charge in [-0.1, -0.05) is 36.4 Å². The maximum atomic E-state index is 12.9. The number of carbonyl (C=O) groups excluding carboxylic acids is 1. The number of para-hydroxylation sites is 2. The summed E-state index contributed by atoms with van der Waals surface area (Å²) >= 11 is 0. The van der Waals surface area contributed by atoms with Crippen LogP contribution in [0.5, 0.6) is 0 Å². The molecule has 10 nitrogen and oxygen atoms in total. The Morgan fingerprint density at radius 1 is 0.829 bits per heavy atom. The van der Waals surface area contributed by atoms with Gasteiger partial charge in [-0.2, -0.15) is 0 Å². The van der Waals surface area contributed by atoms with E-state index in [4.69, 9.17) is 0 Å². The average Bonchev–Trinajstić information content (AvgIpc) is 2.90. The maximum Gasteiger partial charge on any atom is 0.333 e. The highest BCUT2D eigenvalue weighted by Gasteiger charge is 2.20. The summed E-state index contributed by atoms with van der Waals surface area (Å²) in [7, 11) is 0. The predicted molar refractivity (Wildman–Crippen MR) is 134 cm³/mol. The minimum Gasteiger partial charge on any atom is -0.368 e. The summed E-state index contributed by atoms with van der Waals surface area (Å²) in [6.45, 7) is 3.21. The second kappa shape index (κ2) is 9.64. The summed E-state index contributed by atoms with van der Waals surface area (Å²) < 4.78 is 0.923. The van der Waals surface area contributed by atoms with E-state index in [0.717, 1.165) is 36.9 Å². The van der Waals surface area contributed by atoms with Crippen LogP contribution in [0.15, 0.2) is 88.8 Å². The normalized spacial score (nSPS) is 13.5. The molecule has 1 fully saturated rings. The molecule has 2 N–H and O–H groups in total. The fraction of sp³-hybridized carbons (Fsp3) is 0.160. The number of aromatic nitrogens is 4. The lowest BCUT2D eigenvalue weighted by atomic mass is 10.2. The van der Waals surface area contributed by atoms with Crippen LogP contribution in [0.3, 0.4) is 0 Å². The van der Waals surface area contributed by atoms with Gasteiger partial charge in [0.15, 0.2) is 0 Å². The number of amides is 1. The molecule has 35 heavy (non-hydrogen) atoms. The van der Waals surface area contributed by atoms with Crippen molar-refractivity contribution in [2.75, 3.05) is 41.3 Å². The van der Waals surface area contributed by atoms with Crippen molar-refractivity contribution in [2.24, 2.45) is 0 Å². The van der Waals surface area contributed by atoms with Gasteiger partial charge in [0.25, 0.3) is 11.5 Å². The third kappa shape index (κ3) is 4.67. The predicted octanol–water partition coefficient (Wildman–Crippen LogP) is 1.89. The molecule has 1 amide bonds. The zero-order valence-electron chi connectivity index (χ0n) is 18.8. The van der Waals surface area contributed by atoms with Crippen LogP contribution in [-0.2, 0) is 0 Å². The molecule has 0 aliphatic carbocycles. The standard InChI is InChI=1S/C25H23N7O3/c33-23(20-16-26-25(35)32(24(20)34)19-9-5-2-6-10-19)29-21-15-22(28-17-27-21)31-13-11-30(12-14-31)18-7-3-1-4-8-18/h1-10,15-17H,11-14H2,(H,26,35)(H,27,28,29,33). The summed E-state index contributed by atoms with van der Waals surface area (Å²) in [5.74, 6) is 0.281. The number of hydrogen-bond donors (Lipinski definition) is 2. The van der Waals surface area contributed by atoms with Gasteiger partial charge < -0.3 is 20.1 Å². The molecule has 0 radical (unpaired) electrons. The molecule has 2 aromatic carbocycles. The van der Waals surface area contributed by atoms with Crippen molar-refractivity contribution in [1.29, 1.82) is 0 Å². The Labute approximate surface area is 200 Å². The first-order valence-electron chi connectivity index (χ1n) is 11.2. The Balaban J connectivity index is 1.31. The molecular formula is C25H23N7O3. The number of nitrogens with one attached hydrogen (secondary N) is 2. The number of H-pyrrole nitrogens is 1. The molecule has 0 unspecified atom stereocenters. The second-order valence-corrected chi connectivity index (χ2v) is 8.01. The Hall–Kier alpha value is -4.73. The summed E-state index contributed by atoms with van der Waals surface area (Å²) in [6.07, 6.45) is 2.49. The van der Waals surface area contributed by atoms with E-state index in [2.05, 4.69) is 42.2 Å². The van der Waals surface area contributed by atoms with Crippen molar-refractivity contribution in [3.63, 3.8) is 0 Å². The van der Waals surface area contributed by atoms with Crippen molar-refractivity contribution < 1.29 is 4.79 Å². The van der Waals surface area contributed by atoms with Crippen LogP contribution >= 0.6 is 0 Å². The van der Waals surface area contributed by atoms with Gasteiger partial charge >= 0.3 is 5.69 Å². The van der Waals surface area contributed by atoms with E-state index in [1.54, 1.807) is 36.4 Å².